The van der Waals surface area contributed by atoms with Gasteiger partial charge in [0.25, 0.3) is 5.91 Å². The summed E-state index contributed by atoms with van der Waals surface area (Å²) in [6, 6.07) is 7.25. The summed E-state index contributed by atoms with van der Waals surface area (Å²) in [5.74, 6) is -0.712. The molecule has 2 aliphatic carbocycles. The van der Waals surface area contributed by atoms with Crippen LogP contribution in [0.25, 0.3) is 11.4 Å². The quantitative estimate of drug-likeness (QED) is 0.486. The molecule has 2 aromatic heterocycles. The lowest BCUT2D eigenvalue weighted by Gasteiger charge is -2.15. The van der Waals surface area contributed by atoms with Crippen LogP contribution in [0, 0.1) is 0 Å². The molecule has 0 aliphatic heterocycles. The van der Waals surface area contributed by atoms with E-state index in [1.165, 1.54) is 13.2 Å². The topological polar surface area (TPSA) is 144 Å². The van der Waals surface area contributed by atoms with Crippen LogP contribution >= 0.6 is 0 Å². The van der Waals surface area contributed by atoms with Crippen LogP contribution in [0.3, 0.4) is 0 Å². The molecule has 0 atom stereocenters. The van der Waals surface area contributed by atoms with Crippen LogP contribution in [0.1, 0.15) is 52.7 Å². The minimum absolute atomic E-state index is 0.0318. The Morgan fingerprint density at radius 2 is 1.97 bits per heavy atom. The number of methoxy groups -OCH3 is 1. The molecule has 11 heteroatoms. The number of nitrogens with zero attached hydrogens (tertiary/aromatic N) is 5. The van der Waals surface area contributed by atoms with E-state index in [1.807, 2.05) is 10.7 Å². The van der Waals surface area contributed by atoms with Crippen molar-refractivity contribution in [2.24, 2.45) is 0 Å². The summed E-state index contributed by atoms with van der Waals surface area (Å²) in [5.41, 5.74) is 0.987. The van der Waals surface area contributed by atoms with Gasteiger partial charge < -0.3 is 20.5 Å². The zero-order valence-electron chi connectivity index (χ0n) is 17.3. The Labute approximate surface area is 182 Å². The molecule has 2 fully saturated rings. The van der Waals surface area contributed by atoms with Crippen molar-refractivity contribution in [1.82, 2.24) is 30.3 Å². The first-order valence-electron chi connectivity index (χ1n) is 10.3. The van der Waals surface area contributed by atoms with Gasteiger partial charge in [-0.1, -0.05) is 6.07 Å². The highest BCUT2D eigenvalue weighted by Gasteiger charge is 2.27. The highest BCUT2D eigenvalue weighted by Crippen LogP contribution is 2.38. The number of anilines is 2. The number of carboxylic acid groups (broad SMARTS) is 1. The van der Waals surface area contributed by atoms with Crippen LogP contribution in [-0.4, -0.2) is 55.1 Å². The molecule has 0 bridgehead atoms. The van der Waals surface area contributed by atoms with E-state index in [0.717, 1.165) is 25.7 Å². The van der Waals surface area contributed by atoms with Crippen molar-refractivity contribution in [3.8, 4) is 17.1 Å². The number of ether oxygens (including phenoxy) is 1. The minimum Gasteiger partial charge on any atom is -0.494 e. The van der Waals surface area contributed by atoms with E-state index >= 15 is 0 Å². The van der Waals surface area contributed by atoms with Crippen molar-refractivity contribution in [1.29, 1.82) is 0 Å². The second kappa shape index (κ2) is 7.91. The third-order valence-corrected chi connectivity index (χ3v) is 5.30. The molecule has 2 saturated carbocycles. The fourth-order valence-corrected chi connectivity index (χ4v) is 3.33. The van der Waals surface area contributed by atoms with E-state index in [4.69, 9.17) is 4.74 Å². The molecular weight excluding hydrogens is 414 g/mol. The lowest BCUT2D eigenvalue weighted by molar-refractivity contribution is 0.0689. The standard InChI is InChI=1S/C21H21N7O4/c1-32-18-13(19-22-10-28(27-19)12-7-8-12)3-2-4-14(18)24-15-9-16(20(29)23-11-5-6-11)25-26-17(15)21(30)31/h2-4,9-12H,5-8H2,1H3,(H,23,29)(H,24,25)(H,30,31). The van der Waals surface area contributed by atoms with E-state index in [0.29, 0.717) is 28.9 Å². The van der Waals surface area contributed by atoms with Crippen molar-refractivity contribution in [2.75, 3.05) is 12.4 Å². The van der Waals surface area contributed by atoms with Gasteiger partial charge in [-0.2, -0.15) is 5.10 Å². The van der Waals surface area contributed by atoms with E-state index in [2.05, 4.69) is 30.9 Å². The van der Waals surface area contributed by atoms with Gasteiger partial charge in [0.15, 0.2) is 23.0 Å². The molecule has 0 saturated heterocycles. The Morgan fingerprint density at radius 1 is 1.16 bits per heavy atom. The molecule has 0 spiro atoms. The maximum atomic E-state index is 12.4. The van der Waals surface area contributed by atoms with Gasteiger partial charge in [0.1, 0.15) is 6.33 Å². The number of hydrogen-bond donors (Lipinski definition) is 3. The first-order valence-corrected chi connectivity index (χ1v) is 10.3. The van der Waals surface area contributed by atoms with Crippen LogP contribution in [0.2, 0.25) is 0 Å². The lowest BCUT2D eigenvalue weighted by atomic mass is 10.1. The summed E-state index contributed by atoms with van der Waals surface area (Å²) in [5, 5.41) is 27.5. The molecule has 3 aromatic rings. The zero-order chi connectivity index (χ0) is 22.2. The molecule has 3 N–H and O–H groups in total. The number of nitrogens with one attached hydrogen (secondary N) is 2. The fourth-order valence-electron chi connectivity index (χ4n) is 3.33. The number of hydrogen-bond acceptors (Lipinski definition) is 8. The number of aromatic carboxylic acids is 1. The van der Waals surface area contributed by atoms with Crippen molar-refractivity contribution in [2.45, 2.75) is 37.8 Å². The van der Waals surface area contributed by atoms with Crippen molar-refractivity contribution in [3.05, 3.63) is 42.0 Å². The summed E-state index contributed by atoms with van der Waals surface area (Å²) in [4.78, 5) is 28.5. The minimum atomic E-state index is -1.27. The molecule has 5 rings (SSSR count). The number of carboxylic acids is 1. The number of carbonyl (C=O) groups is 2. The number of para-hydroxylation sites is 1. The highest BCUT2D eigenvalue weighted by molar-refractivity contribution is 5.98. The molecule has 0 unspecified atom stereocenters. The van der Waals surface area contributed by atoms with Gasteiger partial charge in [-0.15, -0.1) is 10.2 Å². The molecule has 2 aliphatic rings. The predicted octanol–water partition coefficient (Wildman–Crippen LogP) is 2.41. The van der Waals surface area contributed by atoms with E-state index in [1.54, 1.807) is 18.5 Å². The Hall–Kier alpha value is -4.02. The third-order valence-electron chi connectivity index (χ3n) is 5.30. The fraction of sp³-hybridized carbons (Fsp3) is 0.333. The second-order valence-electron chi connectivity index (χ2n) is 7.84. The zero-order valence-corrected chi connectivity index (χ0v) is 17.3. The monoisotopic (exact) mass is 435 g/mol. The third kappa shape index (κ3) is 3.96. The largest absolute Gasteiger partial charge is 0.494 e. The van der Waals surface area contributed by atoms with Gasteiger partial charge in [-0.25, -0.2) is 14.5 Å². The molecule has 164 valence electrons. The van der Waals surface area contributed by atoms with Gasteiger partial charge >= 0.3 is 5.97 Å². The summed E-state index contributed by atoms with van der Waals surface area (Å²) in [7, 11) is 1.51. The molecule has 2 heterocycles. The summed E-state index contributed by atoms with van der Waals surface area (Å²) >= 11 is 0. The lowest BCUT2D eigenvalue weighted by Crippen LogP contribution is -2.27. The summed E-state index contributed by atoms with van der Waals surface area (Å²) < 4.78 is 7.46. The molecule has 1 aromatic carbocycles. The number of benzene rings is 1. The Kier molecular flexibility index (Phi) is 4.92. The normalized spacial score (nSPS) is 15.3. The number of carbonyl (C=O) groups excluding carboxylic acids is 1. The van der Waals surface area contributed by atoms with Crippen LogP contribution in [0.4, 0.5) is 11.4 Å². The van der Waals surface area contributed by atoms with Gasteiger partial charge in [-0.3, -0.25) is 4.79 Å². The van der Waals surface area contributed by atoms with E-state index in [-0.39, 0.29) is 23.1 Å². The average molecular weight is 435 g/mol. The van der Waals surface area contributed by atoms with Gasteiger partial charge in [-0.05, 0) is 43.9 Å². The van der Waals surface area contributed by atoms with E-state index in [9.17, 15) is 14.7 Å². The second-order valence-corrected chi connectivity index (χ2v) is 7.84. The number of amides is 1. The maximum absolute atomic E-state index is 12.4. The summed E-state index contributed by atoms with van der Waals surface area (Å²) in [6.45, 7) is 0. The predicted molar refractivity (Wildman–Crippen MR) is 113 cm³/mol. The Balaban J connectivity index is 1.49. The number of rotatable bonds is 8. The van der Waals surface area contributed by atoms with Crippen molar-refractivity contribution in [3.63, 3.8) is 0 Å². The van der Waals surface area contributed by atoms with Crippen LogP contribution in [0.5, 0.6) is 5.75 Å². The van der Waals surface area contributed by atoms with Crippen LogP contribution < -0.4 is 15.4 Å². The van der Waals surface area contributed by atoms with Crippen molar-refractivity contribution >= 4 is 23.3 Å². The highest BCUT2D eigenvalue weighted by atomic mass is 16.5. The number of aromatic nitrogens is 5. The SMILES string of the molecule is COc1c(Nc2cc(C(=O)NC3CC3)nnc2C(=O)O)cccc1-c1ncn(C2CC2)n1. The molecule has 1 amide bonds. The van der Waals surface area contributed by atoms with Gasteiger partial charge in [0, 0.05) is 6.04 Å². The first kappa shape index (κ1) is 19.9. The maximum Gasteiger partial charge on any atom is 0.358 e. The molecule has 32 heavy (non-hydrogen) atoms. The molecule has 11 nitrogen and oxygen atoms in total. The Morgan fingerprint density at radius 3 is 2.66 bits per heavy atom. The Bertz CT molecular complexity index is 1200. The molecular formula is C21H21N7O4. The average Bonchev–Trinajstić information content (AvgIpc) is 3.73. The van der Waals surface area contributed by atoms with Crippen LogP contribution in [0.15, 0.2) is 30.6 Å². The van der Waals surface area contributed by atoms with Gasteiger partial charge in [0.2, 0.25) is 0 Å². The van der Waals surface area contributed by atoms with Gasteiger partial charge in [0.05, 0.1) is 30.1 Å². The first-order chi connectivity index (χ1) is 15.5. The molecule has 0 radical (unpaired) electrons. The smallest absolute Gasteiger partial charge is 0.358 e. The van der Waals surface area contributed by atoms with Crippen LogP contribution in [-0.2, 0) is 0 Å². The van der Waals surface area contributed by atoms with E-state index < -0.39 is 11.9 Å². The summed E-state index contributed by atoms with van der Waals surface area (Å²) in [6.07, 6.45) is 5.72. The van der Waals surface area contributed by atoms with Crippen molar-refractivity contribution < 1.29 is 19.4 Å².